The molecule has 0 aliphatic heterocycles. The van der Waals surface area contributed by atoms with Crippen molar-refractivity contribution in [2.24, 2.45) is 5.73 Å². The van der Waals surface area contributed by atoms with Gasteiger partial charge in [0.25, 0.3) is 0 Å². The first-order valence-corrected chi connectivity index (χ1v) is 19.5. The number of aliphatic carboxylic acids is 1. The van der Waals surface area contributed by atoms with Gasteiger partial charge in [-0.05, 0) is 77.2 Å². The molecular weight excluding hydrogens is 554 g/mol. The van der Waals surface area contributed by atoms with Crippen LogP contribution in [-0.4, -0.2) is 43.8 Å². The summed E-state index contributed by atoms with van der Waals surface area (Å²) in [7, 11) is 0. The number of unbranched alkanes of at least 4 members (excludes halogenated alkanes) is 20. The van der Waals surface area contributed by atoms with Gasteiger partial charge in [0.15, 0.2) is 0 Å². The Hall–Kier alpha value is -1.43. The fraction of sp³-hybridized carbons (Fsp3) is 0.825. The van der Waals surface area contributed by atoms with Crippen molar-refractivity contribution >= 4 is 5.97 Å². The number of hydrogen-bond donors (Lipinski definition) is 4. The van der Waals surface area contributed by atoms with Gasteiger partial charge in [-0.1, -0.05) is 140 Å². The van der Waals surface area contributed by atoms with E-state index in [1.807, 2.05) is 0 Å². The van der Waals surface area contributed by atoms with E-state index >= 15 is 0 Å². The highest BCUT2D eigenvalue weighted by Crippen LogP contribution is 2.10. The molecule has 0 fully saturated rings. The number of carboxylic acid groups (broad SMARTS) is 1. The number of nitrogens with two attached hydrogens (primary N) is 1. The molecule has 0 amide bonds. The molecule has 0 saturated carbocycles. The van der Waals surface area contributed by atoms with Crippen LogP contribution < -0.4 is 16.4 Å². The molecule has 0 atom stereocenters. The lowest BCUT2D eigenvalue weighted by atomic mass is 10.1. The summed E-state index contributed by atoms with van der Waals surface area (Å²) in [5, 5.41) is 15.3. The van der Waals surface area contributed by atoms with Crippen LogP contribution in [0.2, 0.25) is 0 Å². The van der Waals surface area contributed by atoms with Gasteiger partial charge >= 0.3 is 5.97 Å². The van der Waals surface area contributed by atoms with E-state index in [2.05, 4.69) is 60.9 Å². The maximum absolute atomic E-state index is 10.3. The van der Waals surface area contributed by atoms with E-state index < -0.39 is 5.97 Å². The van der Waals surface area contributed by atoms with Crippen molar-refractivity contribution in [3.63, 3.8) is 0 Å². The Labute approximate surface area is 281 Å². The molecule has 5 N–H and O–H groups in total. The van der Waals surface area contributed by atoms with E-state index in [-0.39, 0.29) is 0 Å². The first-order valence-electron chi connectivity index (χ1n) is 19.5. The third-order valence-corrected chi connectivity index (χ3v) is 8.01. The zero-order valence-electron chi connectivity index (χ0n) is 30.3. The molecule has 0 heterocycles. The molecule has 0 rings (SSSR count). The second kappa shape index (κ2) is 44.7. The summed E-state index contributed by atoms with van der Waals surface area (Å²) in [6.07, 6.45) is 46.4. The molecule has 0 unspecified atom stereocenters. The van der Waals surface area contributed by atoms with Crippen molar-refractivity contribution in [1.82, 2.24) is 10.6 Å². The van der Waals surface area contributed by atoms with Crippen LogP contribution in [0.5, 0.6) is 0 Å². The Balaban J connectivity index is 0. The third kappa shape index (κ3) is 49.6. The summed E-state index contributed by atoms with van der Waals surface area (Å²) in [6, 6.07) is 0. The normalized spacial score (nSPS) is 11.6. The molecular formula is C40H79N3O2. The van der Waals surface area contributed by atoms with Crippen molar-refractivity contribution < 1.29 is 9.90 Å². The standard InChI is InChI=1S/C22H47N3.C18H32O2/c1-2-3-4-5-6-7-8-9-10-11-12-13-14-15-16-17-19-24-21-22-25-20-18-23;1-2-3-4-5-6-7-8-9-10-11-12-13-14-15-16-17-18(19)20/h9-10,24-25H,2-8,11-23H2,1H3;6-7,9-10H,2-5,8,11-17H2,1H3,(H,19,20)/b10-9-;7-6-,10-9-. The van der Waals surface area contributed by atoms with Crippen molar-refractivity contribution in [2.75, 3.05) is 32.7 Å². The molecule has 0 aromatic carbocycles. The molecule has 0 aromatic rings. The summed E-state index contributed by atoms with van der Waals surface area (Å²) in [5.74, 6) is -0.671. The molecule has 0 aliphatic rings. The zero-order chi connectivity index (χ0) is 33.2. The molecule has 266 valence electrons. The maximum Gasteiger partial charge on any atom is 0.303 e. The van der Waals surface area contributed by atoms with E-state index in [0.29, 0.717) is 6.42 Å². The Morgan fingerprint density at radius 1 is 0.489 bits per heavy atom. The predicted octanol–water partition coefficient (Wildman–Crippen LogP) is 11.0. The van der Waals surface area contributed by atoms with Crippen LogP contribution in [0.25, 0.3) is 0 Å². The largest absolute Gasteiger partial charge is 0.481 e. The average Bonchev–Trinajstić information content (AvgIpc) is 3.04. The van der Waals surface area contributed by atoms with Gasteiger partial charge in [0.05, 0.1) is 0 Å². The Morgan fingerprint density at radius 2 is 0.867 bits per heavy atom. The van der Waals surface area contributed by atoms with Gasteiger partial charge in [-0.3, -0.25) is 4.79 Å². The summed E-state index contributed by atoms with van der Waals surface area (Å²) >= 11 is 0. The number of nitrogens with one attached hydrogen (secondary N) is 2. The predicted molar refractivity (Wildman–Crippen MR) is 201 cm³/mol. The molecule has 0 bridgehead atoms. The van der Waals surface area contributed by atoms with Crippen LogP contribution in [-0.2, 0) is 4.79 Å². The number of carboxylic acids is 1. The summed E-state index contributed by atoms with van der Waals surface area (Å²) < 4.78 is 0. The van der Waals surface area contributed by atoms with Gasteiger partial charge in [-0.25, -0.2) is 0 Å². The molecule has 0 aliphatic carbocycles. The highest BCUT2D eigenvalue weighted by Gasteiger charge is 1.96. The van der Waals surface area contributed by atoms with E-state index in [4.69, 9.17) is 10.8 Å². The highest BCUT2D eigenvalue weighted by molar-refractivity contribution is 5.66. The van der Waals surface area contributed by atoms with Gasteiger partial charge in [-0.2, -0.15) is 0 Å². The van der Waals surface area contributed by atoms with Crippen molar-refractivity contribution in [3.05, 3.63) is 36.5 Å². The SMILES string of the molecule is CCCCC/C=C\C/C=C\CCCCCCCC(=O)O.CCCCCCCC/C=C\CCCCCCCCNCCNCCN. The van der Waals surface area contributed by atoms with Gasteiger partial charge in [0, 0.05) is 32.6 Å². The van der Waals surface area contributed by atoms with Crippen LogP contribution in [0.3, 0.4) is 0 Å². The molecule has 0 saturated heterocycles. The zero-order valence-corrected chi connectivity index (χ0v) is 30.3. The van der Waals surface area contributed by atoms with Crippen molar-refractivity contribution in [2.45, 2.75) is 181 Å². The van der Waals surface area contributed by atoms with Gasteiger partial charge in [0.1, 0.15) is 0 Å². The van der Waals surface area contributed by atoms with Crippen LogP contribution in [0.15, 0.2) is 36.5 Å². The summed E-state index contributed by atoms with van der Waals surface area (Å²) in [5.41, 5.74) is 5.43. The fourth-order valence-electron chi connectivity index (χ4n) is 5.11. The topological polar surface area (TPSA) is 87.4 Å². The van der Waals surface area contributed by atoms with Crippen LogP contribution >= 0.6 is 0 Å². The maximum atomic E-state index is 10.3. The van der Waals surface area contributed by atoms with Crippen molar-refractivity contribution in [1.29, 1.82) is 0 Å². The fourth-order valence-corrected chi connectivity index (χ4v) is 5.11. The highest BCUT2D eigenvalue weighted by atomic mass is 16.4. The molecule has 0 aromatic heterocycles. The van der Waals surface area contributed by atoms with Crippen LogP contribution in [0.1, 0.15) is 181 Å². The minimum atomic E-state index is -0.671. The van der Waals surface area contributed by atoms with Gasteiger partial charge < -0.3 is 21.5 Å². The van der Waals surface area contributed by atoms with E-state index in [1.165, 1.54) is 135 Å². The molecule has 5 heteroatoms. The van der Waals surface area contributed by atoms with E-state index in [1.54, 1.807) is 0 Å². The number of rotatable bonds is 35. The van der Waals surface area contributed by atoms with Crippen molar-refractivity contribution in [3.8, 4) is 0 Å². The lowest BCUT2D eigenvalue weighted by molar-refractivity contribution is -0.137. The second-order valence-corrected chi connectivity index (χ2v) is 12.6. The van der Waals surface area contributed by atoms with E-state index in [0.717, 1.165) is 58.4 Å². The number of hydrogen-bond acceptors (Lipinski definition) is 4. The smallest absolute Gasteiger partial charge is 0.303 e. The minimum Gasteiger partial charge on any atom is -0.481 e. The lowest BCUT2D eigenvalue weighted by Gasteiger charge is -2.05. The quantitative estimate of drug-likeness (QED) is 0.0412. The van der Waals surface area contributed by atoms with Gasteiger partial charge in [0.2, 0.25) is 0 Å². The van der Waals surface area contributed by atoms with Crippen LogP contribution in [0, 0.1) is 0 Å². The number of allylic oxidation sites excluding steroid dienone is 6. The monoisotopic (exact) mass is 634 g/mol. The Morgan fingerprint density at radius 3 is 1.36 bits per heavy atom. The second-order valence-electron chi connectivity index (χ2n) is 12.6. The van der Waals surface area contributed by atoms with Gasteiger partial charge in [-0.15, -0.1) is 0 Å². The van der Waals surface area contributed by atoms with E-state index in [9.17, 15) is 4.79 Å². The minimum absolute atomic E-state index is 0.324. The molecule has 0 spiro atoms. The third-order valence-electron chi connectivity index (χ3n) is 8.01. The number of carbonyl (C=O) groups is 1. The molecule has 45 heavy (non-hydrogen) atoms. The molecule has 5 nitrogen and oxygen atoms in total. The Bertz CT molecular complexity index is 633. The lowest BCUT2D eigenvalue weighted by Crippen LogP contribution is -2.31. The Kier molecular flexibility index (Phi) is 45.4. The summed E-state index contributed by atoms with van der Waals surface area (Å²) in [6.45, 7) is 9.43. The summed E-state index contributed by atoms with van der Waals surface area (Å²) in [4.78, 5) is 10.3. The average molecular weight is 634 g/mol. The first-order chi connectivity index (χ1) is 22.2. The first kappa shape index (κ1) is 45.7. The molecule has 0 radical (unpaired) electrons. The van der Waals surface area contributed by atoms with Crippen LogP contribution in [0.4, 0.5) is 0 Å².